The van der Waals surface area contributed by atoms with E-state index in [-0.39, 0.29) is 19.1 Å². The van der Waals surface area contributed by atoms with E-state index in [0.717, 1.165) is 5.56 Å². The predicted molar refractivity (Wildman–Crippen MR) is 76.6 cm³/mol. The zero-order valence-electron chi connectivity index (χ0n) is 12.0. The highest BCUT2D eigenvalue weighted by Crippen LogP contribution is 2.62. The van der Waals surface area contributed by atoms with Crippen molar-refractivity contribution in [2.45, 2.75) is 25.5 Å². The summed E-state index contributed by atoms with van der Waals surface area (Å²) < 4.78 is 23.7. The minimum absolute atomic E-state index is 0.0548. The van der Waals surface area contributed by atoms with E-state index in [1.54, 1.807) is 20.9 Å². The highest BCUT2D eigenvalue weighted by molar-refractivity contribution is 7.54. The topological polar surface area (TPSA) is 55.8 Å². The molecule has 1 aliphatic rings. The van der Waals surface area contributed by atoms with Crippen molar-refractivity contribution in [2.75, 3.05) is 20.3 Å². The third-order valence-corrected chi connectivity index (χ3v) is 5.94. The van der Waals surface area contributed by atoms with Gasteiger partial charge in [0.15, 0.2) is 0 Å². The maximum Gasteiger partial charge on any atom is 0.354 e. The number of benzene rings is 1. The first kappa shape index (κ1) is 15.2. The third kappa shape index (κ3) is 2.53. The van der Waals surface area contributed by atoms with Gasteiger partial charge >= 0.3 is 7.60 Å². The van der Waals surface area contributed by atoms with Crippen molar-refractivity contribution in [3.63, 3.8) is 0 Å². The number of carbonyl (C=O) groups is 1. The highest BCUT2D eigenvalue weighted by Gasteiger charge is 2.57. The van der Waals surface area contributed by atoms with Gasteiger partial charge in [-0.1, -0.05) is 30.3 Å². The SMILES string of the molecule is CCOP(=O)(OCC)[C@@H]1[C@@H](c2ccccc2)C(=O)N1C. The lowest BCUT2D eigenvalue weighted by molar-refractivity contribution is -0.144. The van der Waals surface area contributed by atoms with Crippen molar-refractivity contribution in [1.29, 1.82) is 0 Å². The Hall–Kier alpha value is -1.16. The van der Waals surface area contributed by atoms with E-state index in [1.165, 1.54) is 4.90 Å². The van der Waals surface area contributed by atoms with Crippen molar-refractivity contribution in [2.24, 2.45) is 0 Å². The lowest BCUT2D eigenvalue weighted by Gasteiger charge is -2.47. The molecule has 0 N–H and O–H groups in total. The number of carbonyl (C=O) groups excluding carboxylic acids is 1. The van der Waals surface area contributed by atoms with Gasteiger partial charge in [0.1, 0.15) is 5.78 Å². The molecule has 0 aliphatic carbocycles. The minimum atomic E-state index is -3.33. The Kier molecular flexibility index (Phi) is 4.63. The van der Waals surface area contributed by atoms with E-state index in [0.29, 0.717) is 0 Å². The van der Waals surface area contributed by atoms with Crippen LogP contribution in [-0.2, 0) is 18.4 Å². The van der Waals surface area contributed by atoms with E-state index in [1.807, 2.05) is 30.3 Å². The van der Waals surface area contributed by atoms with Crippen LogP contribution in [0.15, 0.2) is 30.3 Å². The first-order chi connectivity index (χ1) is 9.55. The van der Waals surface area contributed by atoms with Crippen molar-refractivity contribution >= 4 is 13.5 Å². The molecule has 20 heavy (non-hydrogen) atoms. The van der Waals surface area contributed by atoms with Crippen LogP contribution in [0.1, 0.15) is 25.3 Å². The van der Waals surface area contributed by atoms with Crippen LogP contribution in [0.2, 0.25) is 0 Å². The molecule has 1 aromatic rings. The Labute approximate surface area is 119 Å². The van der Waals surface area contributed by atoms with E-state index < -0.39 is 19.3 Å². The molecule has 6 heteroatoms. The summed E-state index contributed by atoms with van der Waals surface area (Å²) in [5.74, 6) is -1.05. The van der Waals surface area contributed by atoms with Crippen LogP contribution in [0.3, 0.4) is 0 Å². The van der Waals surface area contributed by atoms with Crippen molar-refractivity contribution < 1.29 is 18.4 Å². The van der Waals surface area contributed by atoms with Gasteiger partial charge in [0.25, 0.3) is 0 Å². The fraction of sp³-hybridized carbons (Fsp3) is 0.500. The molecule has 0 unspecified atom stereocenters. The number of β-lactam (4-membered cyclic amide) rings is 1. The molecular weight excluding hydrogens is 277 g/mol. The third-order valence-electron chi connectivity index (χ3n) is 3.41. The van der Waals surface area contributed by atoms with Crippen LogP contribution in [-0.4, -0.2) is 36.9 Å². The maximum atomic E-state index is 12.9. The van der Waals surface area contributed by atoms with Gasteiger partial charge in [-0.2, -0.15) is 0 Å². The second-order valence-electron chi connectivity index (χ2n) is 4.63. The smallest absolute Gasteiger partial charge is 0.330 e. The first-order valence-electron chi connectivity index (χ1n) is 6.75. The summed E-state index contributed by atoms with van der Waals surface area (Å²) in [4.78, 5) is 13.6. The lowest BCUT2D eigenvalue weighted by atomic mass is 9.90. The predicted octanol–water partition coefficient (Wildman–Crippen LogP) is 2.83. The summed E-state index contributed by atoms with van der Waals surface area (Å²) in [6.45, 7) is 4.11. The van der Waals surface area contributed by atoms with Gasteiger partial charge in [-0.25, -0.2) is 0 Å². The van der Waals surface area contributed by atoms with E-state index in [2.05, 4.69) is 0 Å². The molecule has 1 amide bonds. The van der Waals surface area contributed by atoms with Crippen LogP contribution in [0.25, 0.3) is 0 Å². The largest absolute Gasteiger partial charge is 0.354 e. The summed E-state index contributed by atoms with van der Waals surface area (Å²) in [6.07, 6.45) is 0. The molecule has 2 rings (SSSR count). The highest BCUT2D eigenvalue weighted by atomic mass is 31.2. The van der Waals surface area contributed by atoms with Gasteiger partial charge in [0.05, 0.1) is 19.1 Å². The molecule has 1 saturated heterocycles. The van der Waals surface area contributed by atoms with Crippen LogP contribution >= 0.6 is 7.60 Å². The Morgan fingerprint density at radius 3 is 2.20 bits per heavy atom. The van der Waals surface area contributed by atoms with E-state index >= 15 is 0 Å². The van der Waals surface area contributed by atoms with E-state index in [9.17, 15) is 9.36 Å². The number of likely N-dealkylation sites (N-methyl/N-ethyl adjacent to an activating group) is 1. The van der Waals surface area contributed by atoms with Crippen molar-refractivity contribution in [3.05, 3.63) is 35.9 Å². The molecular formula is C14H20NO4P. The van der Waals surface area contributed by atoms with E-state index in [4.69, 9.17) is 9.05 Å². The van der Waals surface area contributed by atoms with Crippen LogP contribution in [0, 0.1) is 0 Å². The second-order valence-corrected chi connectivity index (χ2v) is 6.75. The summed E-state index contributed by atoms with van der Waals surface area (Å²) in [7, 11) is -1.70. The molecule has 2 atom stereocenters. The van der Waals surface area contributed by atoms with Gasteiger partial charge in [-0.05, 0) is 19.4 Å². The molecule has 0 saturated carbocycles. The van der Waals surface area contributed by atoms with Gasteiger partial charge in [-0.3, -0.25) is 9.36 Å². The normalized spacial score (nSPS) is 22.8. The molecule has 5 nitrogen and oxygen atoms in total. The lowest BCUT2D eigenvalue weighted by Crippen LogP contribution is -2.57. The molecule has 0 aromatic heterocycles. The summed E-state index contributed by atoms with van der Waals surface area (Å²) >= 11 is 0. The van der Waals surface area contributed by atoms with Crippen LogP contribution < -0.4 is 0 Å². The molecule has 0 spiro atoms. The monoisotopic (exact) mass is 297 g/mol. The average Bonchev–Trinajstić information content (AvgIpc) is 2.44. The fourth-order valence-electron chi connectivity index (χ4n) is 2.54. The van der Waals surface area contributed by atoms with Gasteiger partial charge < -0.3 is 13.9 Å². The Morgan fingerprint density at radius 2 is 1.70 bits per heavy atom. The molecule has 1 aromatic carbocycles. The minimum Gasteiger partial charge on any atom is -0.330 e. The molecule has 1 heterocycles. The second kappa shape index (κ2) is 6.08. The Balaban J connectivity index is 2.33. The Bertz CT molecular complexity index is 509. The standard InChI is InChI=1S/C14H20NO4P/c1-4-18-20(17,19-5-2)14-12(13(16)15(14)3)11-9-7-6-8-10-11/h6-10,12,14H,4-5H2,1-3H3/t12-,14+/m0/s1. The zero-order chi connectivity index (χ0) is 14.8. The zero-order valence-corrected chi connectivity index (χ0v) is 12.9. The maximum absolute atomic E-state index is 12.9. The summed E-state index contributed by atoms with van der Waals surface area (Å²) in [5, 5.41) is 0. The van der Waals surface area contributed by atoms with Gasteiger partial charge in [0.2, 0.25) is 5.91 Å². The molecule has 0 radical (unpaired) electrons. The molecule has 110 valence electrons. The van der Waals surface area contributed by atoms with Gasteiger partial charge in [0, 0.05) is 7.05 Å². The average molecular weight is 297 g/mol. The number of hydrogen-bond donors (Lipinski definition) is 0. The van der Waals surface area contributed by atoms with Crippen molar-refractivity contribution in [3.8, 4) is 0 Å². The van der Waals surface area contributed by atoms with Crippen molar-refractivity contribution in [1.82, 2.24) is 4.90 Å². The number of likely N-dealkylation sites (tertiary alicyclic amines) is 1. The Morgan fingerprint density at radius 1 is 1.15 bits per heavy atom. The quantitative estimate of drug-likeness (QED) is 0.598. The van der Waals surface area contributed by atoms with Gasteiger partial charge in [-0.15, -0.1) is 0 Å². The first-order valence-corrected chi connectivity index (χ1v) is 8.36. The molecule has 1 aliphatic heterocycles. The summed E-state index contributed by atoms with van der Waals surface area (Å²) in [6, 6.07) is 9.35. The molecule has 1 fully saturated rings. The van der Waals surface area contributed by atoms with Crippen LogP contribution in [0.5, 0.6) is 0 Å². The molecule has 0 bridgehead atoms. The number of amides is 1. The summed E-state index contributed by atoms with van der Waals surface area (Å²) in [5.41, 5.74) is 0.847. The number of nitrogens with zero attached hydrogens (tertiary/aromatic N) is 1. The number of rotatable bonds is 6. The van der Waals surface area contributed by atoms with Crippen LogP contribution in [0.4, 0.5) is 0 Å². The number of hydrogen-bond acceptors (Lipinski definition) is 4. The fourth-order valence-corrected chi connectivity index (χ4v) is 4.84.